The van der Waals surface area contributed by atoms with E-state index in [0.717, 1.165) is 24.6 Å². The molecule has 0 bridgehead atoms. The molecule has 17 heavy (non-hydrogen) atoms. The first-order valence-corrected chi connectivity index (χ1v) is 6.52. The number of hydrogen-bond donors (Lipinski definition) is 0. The van der Waals surface area contributed by atoms with Crippen LogP contribution < -0.4 is 4.90 Å². The zero-order valence-corrected chi connectivity index (χ0v) is 11.2. The van der Waals surface area contributed by atoms with Gasteiger partial charge in [-0.2, -0.15) is 0 Å². The Hall–Kier alpha value is -0.870. The van der Waals surface area contributed by atoms with Crippen LogP contribution in [0.1, 0.15) is 18.4 Å². The van der Waals surface area contributed by atoms with Gasteiger partial charge in [-0.15, -0.1) is 11.6 Å². The van der Waals surface area contributed by atoms with Crippen molar-refractivity contribution in [3.05, 3.63) is 18.0 Å². The second-order valence-electron chi connectivity index (χ2n) is 4.71. The number of anilines is 1. The van der Waals surface area contributed by atoms with Crippen LogP contribution >= 0.6 is 11.6 Å². The normalized spacial score (nSPS) is 17.8. The Kier molecular flexibility index (Phi) is 4.18. The van der Waals surface area contributed by atoms with Gasteiger partial charge in [-0.3, -0.25) is 0 Å². The molecule has 0 aliphatic carbocycles. The number of hydrogen-bond acceptors (Lipinski definition) is 4. The summed E-state index contributed by atoms with van der Waals surface area (Å²) in [5, 5.41) is 0. The lowest BCUT2D eigenvalue weighted by Crippen LogP contribution is -2.42. The molecule has 2 rings (SSSR count). The van der Waals surface area contributed by atoms with E-state index in [1.807, 2.05) is 12.4 Å². The molecule has 4 nitrogen and oxygen atoms in total. The first-order chi connectivity index (χ1) is 8.20. The van der Waals surface area contributed by atoms with E-state index in [4.69, 9.17) is 11.6 Å². The summed E-state index contributed by atoms with van der Waals surface area (Å²) in [4.78, 5) is 13.3. The minimum Gasteiger partial charge on any atom is -0.341 e. The van der Waals surface area contributed by atoms with Crippen LogP contribution in [0, 0.1) is 0 Å². The molecule has 0 unspecified atom stereocenters. The van der Waals surface area contributed by atoms with Gasteiger partial charge in [-0.1, -0.05) is 0 Å². The average molecular weight is 255 g/mol. The summed E-state index contributed by atoms with van der Waals surface area (Å²) < 4.78 is 0. The van der Waals surface area contributed by atoms with Gasteiger partial charge in [0.2, 0.25) is 5.95 Å². The smallest absolute Gasteiger partial charge is 0.225 e. The summed E-state index contributed by atoms with van der Waals surface area (Å²) in [5.41, 5.74) is 0.971. The summed E-state index contributed by atoms with van der Waals surface area (Å²) in [7, 11) is 4.29. The second-order valence-corrected chi connectivity index (χ2v) is 4.97. The SMILES string of the molecule is CN(C)C1CCN(c2ncc(CCl)cn2)CC1. The number of halogens is 1. The largest absolute Gasteiger partial charge is 0.341 e. The molecule has 1 aromatic heterocycles. The summed E-state index contributed by atoms with van der Waals surface area (Å²) in [6, 6.07) is 0.688. The third kappa shape index (κ3) is 3.07. The molecule has 1 aliphatic rings. The van der Waals surface area contributed by atoms with Crippen LogP contribution in [-0.4, -0.2) is 48.1 Å². The van der Waals surface area contributed by atoms with E-state index in [1.165, 1.54) is 12.8 Å². The highest BCUT2D eigenvalue weighted by molar-refractivity contribution is 6.17. The standard InChI is InChI=1S/C12H19ClN4/c1-16(2)11-3-5-17(6-4-11)12-14-8-10(7-13)9-15-12/h8-9,11H,3-7H2,1-2H3. The van der Waals surface area contributed by atoms with Crippen LogP contribution in [0.2, 0.25) is 0 Å². The summed E-state index contributed by atoms with van der Waals surface area (Å²) in [6.45, 7) is 2.06. The van der Waals surface area contributed by atoms with Crippen molar-refractivity contribution in [1.82, 2.24) is 14.9 Å². The summed E-state index contributed by atoms with van der Waals surface area (Å²) in [5.74, 6) is 1.30. The van der Waals surface area contributed by atoms with E-state index >= 15 is 0 Å². The maximum Gasteiger partial charge on any atom is 0.225 e. The fourth-order valence-electron chi connectivity index (χ4n) is 2.16. The summed E-state index contributed by atoms with van der Waals surface area (Å²) in [6.07, 6.45) is 5.97. The Bertz CT molecular complexity index is 344. The Labute approximate surface area is 108 Å². The lowest BCUT2D eigenvalue weighted by molar-refractivity contribution is 0.249. The van der Waals surface area contributed by atoms with Crippen molar-refractivity contribution in [3.8, 4) is 0 Å². The van der Waals surface area contributed by atoms with E-state index in [9.17, 15) is 0 Å². The van der Waals surface area contributed by atoms with Gasteiger partial charge in [0.25, 0.3) is 0 Å². The van der Waals surface area contributed by atoms with E-state index in [1.54, 1.807) is 0 Å². The van der Waals surface area contributed by atoms with Gasteiger partial charge in [0, 0.05) is 37.1 Å². The van der Waals surface area contributed by atoms with Crippen LogP contribution in [0.5, 0.6) is 0 Å². The van der Waals surface area contributed by atoms with Crippen LogP contribution in [-0.2, 0) is 5.88 Å². The van der Waals surface area contributed by atoms with Gasteiger partial charge < -0.3 is 9.80 Å². The van der Waals surface area contributed by atoms with E-state index in [2.05, 4.69) is 33.9 Å². The highest BCUT2D eigenvalue weighted by Crippen LogP contribution is 2.18. The molecule has 0 spiro atoms. The third-order valence-electron chi connectivity index (χ3n) is 3.32. The average Bonchev–Trinajstić information content (AvgIpc) is 2.39. The first-order valence-electron chi connectivity index (χ1n) is 5.99. The molecule has 2 heterocycles. The molecule has 0 saturated carbocycles. The lowest BCUT2D eigenvalue weighted by Gasteiger charge is -2.35. The molecular formula is C12H19ClN4. The van der Waals surface area contributed by atoms with Crippen molar-refractivity contribution in [3.63, 3.8) is 0 Å². The van der Waals surface area contributed by atoms with Gasteiger partial charge in [0.1, 0.15) is 0 Å². The molecule has 1 aromatic rings. The maximum absolute atomic E-state index is 5.72. The van der Waals surface area contributed by atoms with Crippen LogP contribution in [0.4, 0.5) is 5.95 Å². The Morgan fingerprint density at radius 2 is 1.88 bits per heavy atom. The lowest BCUT2D eigenvalue weighted by atomic mass is 10.0. The zero-order chi connectivity index (χ0) is 12.3. The molecule has 1 saturated heterocycles. The number of nitrogens with zero attached hydrogens (tertiary/aromatic N) is 4. The number of aromatic nitrogens is 2. The summed E-state index contributed by atoms with van der Waals surface area (Å²) >= 11 is 5.72. The molecule has 94 valence electrons. The van der Waals surface area contributed by atoms with Crippen molar-refractivity contribution < 1.29 is 0 Å². The highest BCUT2D eigenvalue weighted by atomic mass is 35.5. The number of alkyl halides is 1. The molecule has 0 aromatic carbocycles. The minimum absolute atomic E-state index is 0.475. The predicted molar refractivity (Wildman–Crippen MR) is 70.5 cm³/mol. The van der Waals surface area contributed by atoms with Gasteiger partial charge in [-0.05, 0) is 26.9 Å². The molecule has 1 fully saturated rings. The van der Waals surface area contributed by atoms with Gasteiger partial charge in [0.15, 0.2) is 0 Å². The first kappa shape index (κ1) is 12.6. The molecule has 0 radical (unpaired) electrons. The topological polar surface area (TPSA) is 32.3 Å². The maximum atomic E-state index is 5.72. The zero-order valence-electron chi connectivity index (χ0n) is 10.4. The number of piperidine rings is 1. The van der Waals surface area contributed by atoms with Crippen molar-refractivity contribution in [1.29, 1.82) is 0 Å². The van der Waals surface area contributed by atoms with E-state index in [0.29, 0.717) is 11.9 Å². The Morgan fingerprint density at radius 3 is 2.35 bits per heavy atom. The second kappa shape index (κ2) is 5.65. The fraction of sp³-hybridized carbons (Fsp3) is 0.667. The molecule has 5 heteroatoms. The number of rotatable bonds is 3. The van der Waals surface area contributed by atoms with Gasteiger partial charge in [0.05, 0.1) is 5.88 Å². The van der Waals surface area contributed by atoms with Crippen molar-refractivity contribution >= 4 is 17.5 Å². The molecule has 0 N–H and O–H groups in total. The fourth-order valence-corrected chi connectivity index (χ4v) is 2.30. The van der Waals surface area contributed by atoms with Crippen LogP contribution in [0.3, 0.4) is 0 Å². The molecule has 1 aliphatic heterocycles. The Morgan fingerprint density at radius 1 is 1.29 bits per heavy atom. The quantitative estimate of drug-likeness (QED) is 0.770. The van der Waals surface area contributed by atoms with Crippen LogP contribution in [0.25, 0.3) is 0 Å². The predicted octanol–water partition coefficient (Wildman–Crippen LogP) is 1.75. The molecule has 0 atom stereocenters. The van der Waals surface area contributed by atoms with Gasteiger partial charge >= 0.3 is 0 Å². The minimum atomic E-state index is 0.475. The molecular weight excluding hydrogens is 236 g/mol. The molecule has 0 amide bonds. The third-order valence-corrected chi connectivity index (χ3v) is 3.63. The van der Waals surface area contributed by atoms with E-state index < -0.39 is 0 Å². The van der Waals surface area contributed by atoms with Crippen molar-refractivity contribution in [2.24, 2.45) is 0 Å². The van der Waals surface area contributed by atoms with Crippen molar-refractivity contribution in [2.45, 2.75) is 24.8 Å². The van der Waals surface area contributed by atoms with Crippen LogP contribution in [0.15, 0.2) is 12.4 Å². The Balaban J connectivity index is 1.95. The van der Waals surface area contributed by atoms with Crippen molar-refractivity contribution in [2.75, 3.05) is 32.1 Å². The van der Waals surface area contributed by atoms with Gasteiger partial charge in [-0.25, -0.2) is 9.97 Å². The highest BCUT2D eigenvalue weighted by Gasteiger charge is 2.21. The monoisotopic (exact) mass is 254 g/mol. The van der Waals surface area contributed by atoms with E-state index in [-0.39, 0.29) is 0 Å².